The first-order valence-corrected chi connectivity index (χ1v) is 6.58. The molecule has 0 aliphatic heterocycles. The van der Waals surface area contributed by atoms with Crippen molar-refractivity contribution in [1.29, 1.82) is 0 Å². The quantitative estimate of drug-likeness (QED) is 0.767. The third-order valence-electron chi connectivity index (χ3n) is 3.40. The summed E-state index contributed by atoms with van der Waals surface area (Å²) in [5.74, 6) is 0.308. The molecule has 0 bridgehead atoms. The van der Waals surface area contributed by atoms with Gasteiger partial charge >= 0.3 is 0 Å². The Morgan fingerprint density at radius 2 is 1.65 bits per heavy atom. The second-order valence-electron chi connectivity index (χ2n) is 4.82. The normalized spacial score (nSPS) is 16.5. The minimum absolute atomic E-state index is 0.308. The Labute approximate surface area is 104 Å². The van der Waals surface area contributed by atoms with Crippen molar-refractivity contribution in [3.63, 3.8) is 0 Å². The lowest BCUT2D eigenvalue weighted by Crippen LogP contribution is -1.94. The summed E-state index contributed by atoms with van der Waals surface area (Å²) < 4.78 is 0. The van der Waals surface area contributed by atoms with Crippen LogP contribution in [0.2, 0.25) is 0 Å². The first-order valence-electron chi connectivity index (χ1n) is 6.58. The highest BCUT2D eigenvalue weighted by molar-refractivity contribution is 5.90. The standard InChI is InChI=1S/C16H20O/c1-2-13-7-9-14(10-8-13)11-15-5-3-4-6-16(17)12-15/h7-10,12H,2-6,11H2,1H3. The molecule has 0 radical (unpaired) electrons. The molecule has 0 aromatic heterocycles. The Balaban J connectivity index is 2.06. The maximum absolute atomic E-state index is 11.5. The van der Waals surface area contributed by atoms with E-state index in [9.17, 15) is 4.79 Å². The Morgan fingerprint density at radius 3 is 2.35 bits per heavy atom. The van der Waals surface area contributed by atoms with Gasteiger partial charge in [-0.3, -0.25) is 4.79 Å². The van der Waals surface area contributed by atoms with Crippen LogP contribution in [0.5, 0.6) is 0 Å². The highest BCUT2D eigenvalue weighted by Gasteiger charge is 2.08. The number of benzene rings is 1. The monoisotopic (exact) mass is 228 g/mol. The molecule has 0 fully saturated rings. The molecule has 1 aliphatic rings. The second kappa shape index (κ2) is 5.81. The van der Waals surface area contributed by atoms with Gasteiger partial charge < -0.3 is 0 Å². The topological polar surface area (TPSA) is 17.1 Å². The highest BCUT2D eigenvalue weighted by Crippen LogP contribution is 2.19. The molecule has 90 valence electrons. The number of hydrogen-bond donors (Lipinski definition) is 0. The molecular formula is C16H20O. The summed E-state index contributed by atoms with van der Waals surface area (Å²) in [6.07, 6.45) is 7.93. The van der Waals surface area contributed by atoms with Gasteiger partial charge in [0.15, 0.2) is 5.78 Å². The first-order chi connectivity index (χ1) is 8.28. The van der Waals surface area contributed by atoms with Gasteiger partial charge in [0.05, 0.1) is 0 Å². The maximum atomic E-state index is 11.5. The lowest BCUT2D eigenvalue weighted by molar-refractivity contribution is -0.114. The highest BCUT2D eigenvalue weighted by atomic mass is 16.1. The van der Waals surface area contributed by atoms with E-state index in [2.05, 4.69) is 31.2 Å². The number of rotatable bonds is 3. The van der Waals surface area contributed by atoms with Crippen LogP contribution in [0.1, 0.15) is 43.7 Å². The van der Waals surface area contributed by atoms with E-state index in [0.717, 1.165) is 38.5 Å². The molecule has 1 aromatic rings. The summed E-state index contributed by atoms with van der Waals surface area (Å²) >= 11 is 0. The van der Waals surface area contributed by atoms with Gasteiger partial charge in [-0.15, -0.1) is 0 Å². The largest absolute Gasteiger partial charge is 0.295 e. The van der Waals surface area contributed by atoms with Crippen molar-refractivity contribution in [3.8, 4) is 0 Å². The molecule has 1 aliphatic carbocycles. The van der Waals surface area contributed by atoms with Crippen LogP contribution in [0.4, 0.5) is 0 Å². The van der Waals surface area contributed by atoms with Crippen LogP contribution in [0, 0.1) is 0 Å². The molecule has 0 saturated carbocycles. The number of hydrogen-bond acceptors (Lipinski definition) is 1. The third kappa shape index (κ3) is 3.55. The Hall–Kier alpha value is -1.37. The summed E-state index contributed by atoms with van der Waals surface area (Å²) in [6, 6.07) is 8.76. The van der Waals surface area contributed by atoms with E-state index in [1.807, 2.05) is 6.08 Å². The third-order valence-corrected chi connectivity index (χ3v) is 3.40. The fraction of sp³-hybridized carbons (Fsp3) is 0.438. The predicted molar refractivity (Wildman–Crippen MR) is 71.1 cm³/mol. The van der Waals surface area contributed by atoms with Crippen LogP contribution in [0.25, 0.3) is 0 Å². The Kier molecular flexibility index (Phi) is 4.13. The number of carbonyl (C=O) groups excluding carboxylic acids is 1. The summed E-state index contributed by atoms with van der Waals surface area (Å²) in [5.41, 5.74) is 4.00. The zero-order valence-corrected chi connectivity index (χ0v) is 10.5. The van der Waals surface area contributed by atoms with Crippen LogP contribution in [0.3, 0.4) is 0 Å². The van der Waals surface area contributed by atoms with Gasteiger partial charge in [0.1, 0.15) is 0 Å². The van der Waals surface area contributed by atoms with Crippen molar-refractivity contribution in [2.75, 3.05) is 0 Å². The van der Waals surface area contributed by atoms with E-state index in [-0.39, 0.29) is 0 Å². The first kappa shape index (κ1) is 12.1. The number of ketones is 1. The lowest BCUT2D eigenvalue weighted by Gasteiger charge is -2.06. The molecular weight excluding hydrogens is 208 g/mol. The molecule has 17 heavy (non-hydrogen) atoms. The molecule has 2 rings (SSSR count). The molecule has 1 heteroatoms. The molecule has 0 amide bonds. The fourth-order valence-corrected chi connectivity index (χ4v) is 2.32. The van der Waals surface area contributed by atoms with Crippen molar-refractivity contribution in [2.24, 2.45) is 0 Å². The van der Waals surface area contributed by atoms with Gasteiger partial charge in [0, 0.05) is 6.42 Å². The van der Waals surface area contributed by atoms with Crippen molar-refractivity contribution in [3.05, 3.63) is 47.0 Å². The minimum Gasteiger partial charge on any atom is -0.295 e. The van der Waals surface area contributed by atoms with Gasteiger partial charge in [0.2, 0.25) is 0 Å². The SMILES string of the molecule is CCc1ccc(CC2=CC(=O)CCCC2)cc1. The molecule has 0 heterocycles. The van der Waals surface area contributed by atoms with E-state index >= 15 is 0 Å². The molecule has 0 saturated heterocycles. The number of aryl methyl sites for hydroxylation is 1. The lowest BCUT2D eigenvalue weighted by atomic mass is 10.00. The summed E-state index contributed by atoms with van der Waals surface area (Å²) in [6.45, 7) is 2.17. The number of allylic oxidation sites excluding steroid dienone is 2. The summed E-state index contributed by atoms with van der Waals surface area (Å²) in [7, 11) is 0. The van der Waals surface area contributed by atoms with Crippen molar-refractivity contribution >= 4 is 5.78 Å². The predicted octanol–water partition coefficient (Wildman–Crippen LogP) is 3.86. The maximum Gasteiger partial charge on any atom is 0.155 e. The van der Waals surface area contributed by atoms with E-state index in [1.54, 1.807) is 0 Å². The van der Waals surface area contributed by atoms with E-state index in [4.69, 9.17) is 0 Å². The zero-order chi connectivity index (χ0) is 12.1. The average Bonchev–Trinajstić information content (AvgIpc) is 2.55. The van der Waals surface area contributed by atoms with Crippen LogP contribution >= 0.6 is 0 Å². The minimum atomic E-state index is 0.308. The van der Waals surface area contributed by atoms with Crippen LogP contribution in [-0.4, -0.2) is 5.78 Å². The molecule has 0 atom stereocenters. The van der Waals surface area contributed by atoms with Gasteiger partial charge in [0.25, 0.3) is 0 Å². The zero-order valence-electron chi connectivity index (χ0n) is 10.5. The van der Waals surface area contributed by atoms with Crippen molar-refractivity contribution in [2.45, 2.75) is 45.4 Å². The van der Waals surface area contributed by atoms with E-state index in [0.29, 0.717) is 5.78 Å². The van der Waals surface area contributed by atoms with Crippen LogP contribution < -0.4 is 0 Å². The average molecular weight is 228 g/mol. The van der Waals surface area contributed by atoms with Crippen molar-refractivity contribution < 1.29 is 4.79 Å². The van der Waals surface area contributed by atoms with Crippen LogP contribution in [-0.2, 0) is 17.6 Å². The second-order valence-corrected chi connectivity index (χ2v) is 4.82. The smallest absolute Gasteiger partial charge is 0.155 e. The fourth-order valence-electron chi connectivity index (χ4n) is 2.32. The van der Waals surface area contributed by atoms with Crippen molar-refractivity contribution in [1.82, 2.24) is 0 Å². The molecule has 0 N–H and O–H groups in total. The number of carbonyl (C=O) groups is 1. The molecule has 0 unspecified atom stereocenters. The van der Waals surface area contributed by atoms with E-state index in [1.165, 1.54) is 16.7 Å². The molecule has 0 spiro atoms. The van der Waals surface area contributed by atoms with Gasteiger partial charge in [-0.1, -0.05) is 36.8 Å². The summed E-state index contributed by atoms with van der Waals surface area (Å²) in [5, 5.41) is 0. The van der Waals surface area contributed by atoms with E-state index < -0.39 is 0 Å². The summed E-state index contributed by atoms with van der Waals surface area (Å²) in [4.78, 5) is 11.5. The van der Waals surface area contributed by atoms with Gasteiger partial charge in [-0.2, -0.15) is 0 Å². The molecule has 1 nitrogen and oxygen atoms in total. The Morgan fingerprint density at radius 1 is 1.00 bits per heavy atom. The molecule has 1 aromatic carbocycles. The van der Waals surface area contributed by atoms with Gasteiger partial charge in [-0.05, 0) is 49.3 Å². The van der Waals surface area contributed by atoms with Crippen LogP contribution in [0.15, 0.2) is 35.9 Å². The Bertz CT molecular complexity index is 412. The van der Waals surface area contributed by atoms with Gasteiger partial charge in [-0.25, -0.2) is 0 Å².